The van der Waals surface area contributed by atoms with Crippen LogP contribution in [0.15, 0.2) is 75.7 Å². The molecule has 3 aromatic rings. The Labute approximate surface area is 162 Å². The summed E-state index contributed by atoms with van der Waals surface area (Å²) in [6.45, 7) is 0. The van der Waals surface area contributed by atoms with Gasteiger partial charge in [-0.15, -0.1) is 0 Å². The first kappa shape index (κ1) is 19.7. The van der Waals surface area contributed by atoms with Crippen LogP contribution in [0.1, 0.15) is 21.6 Å². The number of carbonyl (C=O) groups is 1. The van der Waals surface area contributed by atoms with Crippen LogP contribution in [-0.4, -0.2) is 22.0 Å². The molecule has 0 amide bonds. The Morgan fingerprint density at radius 3 is 2.32 bits per heavy atom. The number of rotatable bonds is 5. The fourth-order valence-corrected chi connectivity index (χ4v) is 3.27. The summed E-state index contributed by atoms with van der Waals surface area (Å²) in [6, 6.07) is 16.9. The van der Waals surface area contributed by atoms with Gasteiger partial charge in [0.25, 0.3) is 0 Å². The van der Waals surface area contributed by atoms with Crippen LogP contribution in [0.4, 0.5) is 13.2 Å². The van der Waals surface area contributed by atoms with Crippen molar-refractivity contribution in [2.75, 3.05) is 0 Å². The van der Waals surface area contributed by atoms with Gasteiger partial charge in [0.05, 0.1) is 17.3 Å². The van der Waals surface area contributed by atoms with E-state index in [0.717, 1.165) is 27.6 Å². The minimum atomic E-state index is -4.68. The Bertz CT molecular complexity index is 987. The van der Waals surface area contributed by atoms with E-state index in [1.54, 1.807) is 48.5 Å². The lowest BCUT2D eigenvalue weighted by Gasteiger charge is -2.05. The van der Waals surface area contributed by atoms with Crippen LogP contribution in [0, 0.1) is 0 Å². The Morgan fingerprint density at radius 2 is 1.71 bits per heavy atom. The predicted octanol–water partition coefficient (Wildman–Crippen LogP) is 4.78. The number of hydrogen-bond acceptors (Lipinski definition) is 5. The number of aryl methyl sites for hydroxylation is 1. The molecule has 0 fully saturated rings. The molecule has 0 aliphatic heterocycles. The molecular formula is C19H14F3N3O2S. The van der Waals surface area contributed by atoms with Gasteiger partial charge in [-0.1, -0.05) is 53.3 Å². The number of benzene rings is 2. The Morgan fingerprint density at radius 1 is 1.11 bits per heavy atom. The standard InChI is InChI=1S/C19H14F3N3O2S/c1-25-17(28-14-10-6-3-7-11-14)15(16(24-25)19(20,21)22)12-23-27-18(26)13-8-4-2-5-9-13/h2-12H,1H3/b23-12-. The van der Waals surface area contributed by atoms with Crippen LogP contribution in [0.2, 0.25) is 0 Å². The maximum Gasteiger partial charge on any atom is 0.435 e. The van der Waals surface area contributed by atoms with E-state index in [4.69, 9.17) is 4.84 Å². The van der Waals surface area contributed by atoms with Crippen LogP contribution in [-0.2, 0) is 18.1 Å². The molecule has 144 valence electrons. The van der Waals surface area contributed by atoms with E-state index < -0.39 is 17.8 Å². The zero-order valence-corrected chi connectivity index (χ0v) is 15.4. The molecule has 0 bridgehead atoms. The van der Waals surface area contributed by atoms with Gasteiger partial charge in [0.1, 0.15) is 5.03 Å². The molecule has 0 aliphatic rings. The van der Waals surface area contributed by atoms with E-state index in [2.05, 4.69) is 10.3 Å². The summed E-state index contributed by atoms with van der Waals surface area (Å²) in [5, 5.41) is 7.26. The monoisotopic (exact) mass is 405 g/mol. The van der Waals surface area contributed by atoms with Gasteiger partial charge in [0.2, 0.25) is 0 Å². The summed E-state index contributed by atoms with van der Waals surface area (Å²) in [5.41, 5.74) is -1.14. The quantitative estimate of drug-likeness (QED) is 0.348. The van der Waals surface area contributed by atoms with Crippen LogP contribution in [0.25, 0.3) is 0 Å². The molecule has 0 N–H and O–H groups in total. The number of carbonyl (C=O) groups excluding carboxylic acids is 1. The number of oxime groups is 1. The highest BCUT2D eigenvalue weighted by molar-refractivity contribution is 7.99. The lowest BCUT2D eigenvalue weighted by Crippen LogP contribution is -2.09. The number of hydrogen-bond donors (Lipinski definition) is 0. The minimum Gasteiger partial charge on any atom is -0.313 e. The summed E-state index contributed by atoms with van der Waals surface area (Å²) >= 11 is 1.10. The lowest BCUT2D eigenvalue weighted by molar-refractivity contribution is -0.141. The second kappa shape index (κ2) is 8.30. The fraction of sp³-hybridized carbons (Fsp3) is 0.105. The Balaban J connectivity index is 1.90. The molecule has 0 saturated heterocycles. The van der Waals surface area contributed by atoms with Crippen LogP contribution < -0.4 is 0 Å². The molecular weight excluding hydrogens is 391 g/mol. The van der Waals surface area contributed by atoms with Crippen molar-refractivity contribution >= 4 is 23.9 Å². The van der Waals surface area contributed by atoms with E-state index in [1.807, 2.05) is 0 Å². The van der Waals surface area contributed by atoms with Gasteiger partial charge in [-0.3, -0.25) is 4.68 Å². The normalized spacial score (nSPS) is 11.7. The molecule has 0 aliphatic carbocycles. The second-order valence-electron chi connectivity index (χ2n) is 5.58. The van der Waals surface area contributed by atoms with Crippen molar-refractivity contribution in [2.45, 2.75) is 16.1 Å². The van der Waals surface area contributed by atoms with Crippen molar-refractivity contribution in [3.63, 3.8) is 0 Å². The molecule has 2 aromatic carbocycles. The van der Waals surface area contributed by atoms with Crippen molar-refractivity contribution in [2.24, 2.45) is 12.2 Å². The van der Waals surface area contributed by atoms with Crippen LogP contribution in [0.5, 0.6) is 0 Å². The zero-order valence-electron chi connectivity index (χ0n) is 14.6. The largest absolute Gasteiger partial charge is 0.435 e. The van der Waals surface area contributed by atoms with Crippen molar-refractivity contribution < 1.29 is 22.8 Å². The number of alkyl halides is 3. The van der Waals surface area contributed by atoms with Crippen LogP contribution in [0.3, 0.4) is 0 Å². The van der Waals surface area contributed by atoms with Gasteiger partial charge in [-0.05, 0) is 24.3 Å². The third-order valence-corrected chi connectivity index (χ3v) is 4.77. The highest BCUT2D eigenvalue weighted by atomic mass is 32.2. The van der Waals surface area contributed by atoms with E-state index in [9.17, 15) is 18.0 Å². The molecule has 3 rings (SSSR count). The molecule has 0 radical (unpaired) electrons. The third kappa shape index (κ3) is 4.61. The average Bonchev–Trinajstić information content (AvgIpc) is 2.99. The van der Waals surface area contributed by atoms with Gasteiger partial charge >= 0.3 is 12.1 Å². The Kier molecular flexibility index (Phi) is 5.84. The number of aromatic nitrogens is 2. The molecule has 0 atom stereocenters. The van der Waals surface area contributed by atoms with E-state index in [1.165, 1.54) is 19.2 Å². The smallest absolute Gasteiger partial charge is 0.313 e. The van der Waals surface area contributed by atoms with Gasteiger partial charge in [-0.25, -0.2) is 4.79 Å². The SMILES string of the molecule is Cn1nc(C(F)(F)F)c(/C=N\OC(=O)c2ccccc2)c1Sc1ccccc1. The average molecular weight is 405 g/mol. The van der Waals surface area contributed by atoms with Crippen molar-refractivity contribution in [3.8, 4) is 0 Å². The molecule has 28 heavy (non-hydrogen) atoms. The minimum absolute atomic E-state index is 0.220. The summed E-state index contributed by atoms with van der Waals surface area (Å²) in [5.74, 6) is -0.772. The third-order valence-electron chi connectivity index (χ3n) is 3.58. The topological polar surface area (TPSA) is 56.5 Å². The molecule has 1 heterocycles. The molecule has 0 unspecified atom stereocenters. The van der Waals surface area contributed by atoms with E-state index in [-0.39, 0.29) is 16.2 Å². The van der Waals surface area contributed by atoms with Crippen molar-refractivity contribution in [1.82, 2.24) is 9.78 Å². The summed E-state index contributed by atoms with van der Waals surface area (Å²) in [6.07, 6.45) is -3.82. The molecule has 0 saturated carbocycles. The maximum atomic E-state index is 13.4. The molecule has 9 heteroatoms. The van der Waals surface area contributed by atoms with E-state index >= 15 is 0 Å². The van der Waals surface area contributed by atoms with Crippen molar-refractivity contribution in [1.29, 1.82) is 0 Å². The van der Waals surface area contributed by atoms with E-state index in [0.29, 0.717) is 0 Å². The Hall–Kier alpha value is -3.07. The number of halogens is 3. The highest BCUT2D eigenvalue weighted by Crippen LogP contribution is 2.37. The van der Waals surface area contributed by atoms with Crippen molar-refractivity contribution in [3.05, 3.63) is 77.5 Å². The summed E-state index contributed by atoms with van der Waals surface area (Å²) in [7, 11) is 1.41. The first-order valence-corrected chi connectivity index (χ1v) is 8.85. The summed E-state index contributed by atoms with van der Waals surface area (Å²) < 4.78 is 41.3. The fourth-order valence-electron chi connectivity index (χ4n) is 2.33. The van der Waals surface area contributed by atoms with Gasteiger partial charge in [0.15, 0.2) is 5.69 Å². The first-order valence-electron chi connectivity index (χ1n) is 8.03. The number of nitrogens with zero attached hydrogens (tertiary/aromatic N) is 3. The van der Waals surface area contributed by atoms with Gasteiger partial charge in [0, 0.05) is 11.9 Å². The van der Waals surface area contributed by atoms with Gasteiger partial charge in [-0.2, -0.15) is 18.3 Å². The lowest BCUT2D eigenvalue weighted by atomic mass is 10.2. The molecule has 0 spiro atoms. The summed E-state index contributed by atoms with van der Waals surface area (Å²) in [4.78, 5) is 17.4. The highest BCUT2D eigenvalue weighted by Gasteiger charge is 2.38. The molecule has 1 aromatic heterocycles. The first-order chi connectivity index (χ1) is 13.4. The molecule has 5 nitrogen and oxygen atoms in total. The zero-order chi connectivity index (χ0) is 20.1. The van der Waals surface area contributed by atoms with Crippen LogP contribution >= 0.6 is 11.8 Å². The van der Waals surface area contributed by atoms with Gasteiger partial charge < -0.3 is 4.84 Å². The maximum absolute atomic E-state index is 13.4. The second-order valence-corrected chi connectivity index (χ2v) is 6.65. The predicted molar refractivity (Wildman–Crippen MR) is 98.2 cm³/mol.